The molecule has 0 saturated carbocycles. The first-order chi connectivity index (χ1) is 29.4. The third-order valence-corrected chi connectivity index (χ3v) is 10.7. The van der Waals surface area contributed by atoms with Crippen molar-refractivity contribution >= 4 is 18.6 Å². The maximum Gasteiger partial charge on any atom is 0.258 e. The van der Waals surface area contributed by atoms with Crippen molar-refractivity contribution in [3.05, 3.63) is 183 Å². The number of rotatable bonds is 18. The van der Waals surface area contributed by atoms with Gasteiger partial charge in [-0.05, 0) is 69.1 Å². The van der Waals surface area contributed by atoms with Crippen LogP contribution < -0.4 is 5.56 Å². The molecular formula is C49H50N8O3. The Kier molecular flexibility index (Phi) is 13.3. The SMILES string of the molecule is CCCCc1nc(N=CN(C)C)n(CCC(C=O)OC)c(=O)c1Cc1ccc(-c2ccccc2)c(-c2nnnn2C(c2ccccc2)(c2ccccc2)c2ccccc2)c1. The van der Waals surface area contributed by atoms with Crippen LogP contribution in [0.25, 0.3) is 22.5 Å². The molecule has 1 unspecified atom stereocenters. The Labute approximate surface area is 351 Å². The Bertz CT molecular complexity index is 2480. The molecule has 0 spiro atoms. The van der Waals surface area contributed by atoms with Crippen LogP contribution in [-0.2, 0) is 34.5 Å². The zero-order valence-electron chi connectivity index (χ0n) is 34.6. The minimum absolute atomic E-state index is 0.197. The summed E-state index contributed by atoms with van der Waals surface area (Å²) in [6.07, 6.45) is 4.71. The van der Waals surface area contributed by atoms with Crippen molar-refractivity contribution in [3.8, 4) is 22.5 Å². The third-order valence-electron chi connectivity index (χ3n) is 10.7. The Morgan fingerprint density at radius 3 is 1.97 bits per heavy atom. The largest absolute Gasteiger partial charge is 0.374 e. The number of carbonyl (C=O) groups is 1. The lowest BCUT2D eigenvalue weighted by Crippen LogP contribution is -2.39. The number of benzene rings is 5. The van der Waals surface area contributed by atoms with Gasteiger partial charge in [-0.2, -0.15) is 0 Å². The van der Waals surface area contributed by atoms with Crippen LogP contribution in [0.15, 0.2) is 149 Å². The molecule has 0 amide bonds. The van der Waals surface area contributed by atoms with Gasteiger partial charge in [-0.15, -0.1) is 5.10 Å². The number of aromatic nitrogens is 6. The van der Waals surface area contributed by atoms with Gasteiger partial charge in [0.15, 0.2) is 5.82 Å². The molecule has 0 radical (unpaired) electrons. The molecular weight excluding hydrogens is 749 g/mol. The zero-order valence-corrected chi connectivity index (χ0v) is 34.6. The summed E-state index contributed by atoms with van der Waals surface area (Å²) < 4.78 is 8.85. The molecule has 0 aliphatic rings. The molecule has 0 aliphatic heterocycles. The van der Waals surface area contributed by atoms with Gasteiger partial charge in [0, 0.05) is 45.3 Å². The fraction of sp³-hybridized carbons (Fsp3) is 0.245. The van der Waals surface area contributed by atoms with Gasteiger partial charge in [-0.1, -0.05) is 147 Å². The van der Waals surface area contributed by atoms with Crippen molar-refractivity contribution in [2.45, 2.75) is 57.2 Å². The number of tetrazole rings is 1. The van der Waals surface area contributed by atoms with Crippen LogP contribution in [0.4, 0.5) is 5.95 Å². The number of nitrogens with zero attached hydrogens (tertiary/aromatic N) is 8. The molecule has 0 bridgehead atoms. The molecule has 0 saturated heterocycles. The highest BCUT2D eigenvalue weighted by Gasteiger charge is 2.42. The number of unbranched alkanes of at least 4 members (excludes halogenated alkanes) is 1. The maximum atomic E-state index is 14.7. The Morgan fingerprint density at radius 1 is 0.817 bits per heavy atom. The Hall–Kier alpha value is -6.85. The zero-order chi connectivity index (χ0) is 41.9. The first kappa shape index (κ1) is 41.3. The molecule has 0 fully saturated rings. The number of aldehydes is 1. The molecule has 5 aromatic carbocycles. The maximum absolute atomic E-state index is 14.7. The second kappa shape index (κ2) is 19.3. The average Bonchev–Trinajstić information content (AvgIpc) is 3.78. The van der Waals surface area contributed by atoms with Crippen molar-refractivity contribution in [1.29, 1.82) is 0 Å². The molecule has 7 aromatic rings. The van der Waals surface area contributed by atoms with E-state index in [2.05, 4.69) is 83.9 Å². The molecule has 0 N–H and O–H groups in total. The first-order valence-corrected chi connectivity index (χ1v) is 20.3. The van der Waals surface area contributed by atoms with Crippen molar-refractivity contribution in [1.82, 2.24) is 34.7 Å². The van der Waals surface area contributed by atoms with Gasteiger partial charge in [0.25, 0.3) is 5.56 Å². The van der Waals surface area contributed by atoms with Crippen molar-refractivity contribution in [2.75, 3.05) is 21.2 Å². The number of hydrogen-bond donors (Lipinski definition) is 0. The predicted molar refractivity (Wildman–Crippen MR) is 237 cm³/mol. The summed E-state index contributed by atoms with van der Waals surface area (Å²) in [7, 11) is 5.21. The van der Waals surface area contributed by atoms with Crippen LogP contribution >= 0.6 is 0 Å². The van der Waals surface area contributed by atoms with E-state index in [1.54, 1.807) is 15.8 Å². The second-order valence-corrected chi connectivity index (χ2v) is 15.0. The third kappa shape index (κ3) is 8.62. The molecule has 304 valence electrons. The fourth-order valence-electron chi connectivity index (χ4n) is 7.77. The van der Waals surface area contributed by atoms with Gasteiger partial charge < -0.3 is 14.4 Å². The molecule has 2 heterocycles. The van der Waals surface area contributed by atoms with E-state index in [4.69, 9.17) is 20.0 Å². The molecule has 60 heavy (non-hydrogen) atoms. The summed E-state index contributed by atoms with van der Waals surface area (Å²) in [4.78, 5) is 37.9. The first-order valence-electron chi connectivity index (χ1n) is 20.3. The minimum Gasteiger partial charge on any atom is -0.374 e. The van der Waals surface area contributed by atoms with Gasteiger partial charge >= 0.3 is 0 Å². The predicted octanol–water partition coefficient (Wildman–Crippen LogP) is 8.16. The lowest BCUT2D eigenvalue weighted by Gasteiger charge is -2.36. The monoisotopic (exact) mass is 798 g/mol. The molecule has 7 rings (SSSR count). The number of hydrogen-bond acceptors (Lipinski definition) is 8. The topological polar surface area (TPSA) is 120 Å². The highest BCUT2D eigenvalue weighted by Crippen LogP contribution is 2.43. The van der Waals surface area contributed by atoms with Crippen LogP contribution in [0.1, 0.15) is 59.7 Å². The Balaban J connectivity index is 1.46. The summed E-state index contributed by atoms with van der Waals surface area (Å²) in [6, 6.07) is 47.4. The second-order valence-electron chi connectivity index (χ2n) is 15.0. The molecule has 2 aromatic heterocycles. The molecule has 11 heteroatoms. The van der Waals surface area contributed by atoms with Gasteiger partial charge in [-0.25, -0.2) is 14.7 Å². The summed E-state index contributed by atoms with van der Waals surface area (Å²) >= 11 is 0. The Morgan fingerprint density at radius 2 is 1.42 bits per heavy atom. The number of aliphatic imine (C=N–C) groups is 1. The van der Waals surface area contributed by atoms with Crippen LogP contribution in [0.5, 0.6) is 0 Å². The lowest BCUT2D eigenvalue weighted by molar-refractivity contribution is -0.116. The minimum atomic E-state index is -0.970. The van der Waals surface area contributed by atoms with E-state index < -0.39 is 11.6 Å². The van der Waals surface area contributed by atoms with Gasteiger partial charge in [0.2, 0.25) is 5.95 Å². The van der Waals surface area contributed by atoms with Gasteiger partial charge in [-0.3, -0.25) is 9.36 Å². The van der Waals surface area contributed by atoms with Crippen molar-refractivity contribution in [2.24, 2.45) is 4.99 Å². The van der Waals surface area contributed by atoms with E-state index in [0.717, 1.165) is 58.1 Å². The quantitative estimate of drug-likeness (QED) is 0.0369. The van der Waals surface area contributed by atoms with E-state index in [1.807, 2.05) is 91.6 Å². The summed E-state index contributed by atoms with van der Waals surface area (Å²) in [5.41, 5.74) is 6.72. The number of aryl methyl sites for hydroxylation is 1. The molecule has 0 aliphatic carbocycles. The summed E-state index contributed by atoms with van der Waals surface area (Å²) in [6.45, 7) is 2.33. The number of carbonyl (C=O) groups excluding carboxylic acids is 1. The highest BCUT2D eigenvalue weighted by molar-refractivity contribution is 5.81. The lowest BCUT2D eigenvalue weighted by atomic mass is 9.76. The normalized spacial score (nSPS) is 12.1. The van der Waals surface area contributed by atoms with Crippen LogP contribution in [-0.4, -0.2) is 74.6 Å². The average molecular weight is 799 g/mol. The molecule has 1 atom stereocenters. The highest BCUT2D eigenvalue weighted by atomic mass is 16.5. The standard InChI is InChI=1S/C49H50N8O3/c1-5-6-27-45-44(47(59)56(31-30-41(34-58)60-4)48(51-45)50-35-55(2)3)33-36-28-29-42(37-19-11-7-12-20-37)43(32-36)46-52-53-54-57(46)49(38-21-13-8-14-22-38,39-23-15-9-16-24-39)40-25-17-10-18-26-40/h7-26,28-29,32,34-35,41H,5-6,27,30-31,33H2,1-4H3. The smallest absolute Gasteiger partial charge is 0.258 e. The summed E-state index contributed by atoms with van der Waals surface area (Å²) in [5, 5.41) is 14.1. The van der Waals surface area contributed by atoms with Gasteiger partial charge in [0.05, 0.1) is 12.0 Å². The summed E-state index contributed by atoms with van der Waals surface area (Å²) in [5.74, 6) is 0.851. The van der Waals surface area contributed by atoms with E-state index in [9.17, 15) is 9.59 Å². The van der Waals surface area contributed by atoms with E-state index in [1.165, 1.54) is 7.11 Å². The van der Waals surface area contributed by atoms with Crippen molar-refractivity contribution in [3.63, 3.8) is 0 Å². The number of methoxy groups -OCH3 is 1. The van der Waals surface area contributed by atoms with E-state index in [0.29, 0.717) is 42.3 Å². The van der Waals surface area contributed by atoms with E-state index >= 15 is 0 Å². The van der Waals surface area contributed by atoms with E-state index in [-0.39, 0.29) is 12.1 Å². The fourth-order valence-corrected chi connectivity index (χ4v) is 7.77. The van der Waals surface area contributed by atoms with Gasteiger partial charge in [0.1, 0.15) is 17.9 Å². The molecule has 11 nitrogen and oxygen atoms in total. The van der Waals surface area contributed by atoms with Crippen LogP contribution in [0.2, 0.25) is 0 Å². The van der Waals surface area contributed by atoms with Crippen molar-refractivity contribution < 1.29 is 9.53 Å². The van der Waals surface area contributed by atoms with Crippen LogP contribution in [0.3, 0.4) is 0 Å². The number of ether oxygens (including phenoxy) is 1. The van der Waals surface area contributed by atoms with Crippen LogP contribution in [0, 0.1) is 0 Å².